The van der Waals surface area contributed by atoms with E-state index in [4.69, 9.17) is 20.0 Å². The molecule has 0 aromatic heterocycles. The van der Waals surface area contributed by atoms with Crippen molar-refractivity contribution in [2.45, 2.75) is 30.7 Å². The number of nitrogens with zero attached hydrogens (tertiary/aromatic N) is 1. The SMILES string of the molecule is CC(=O)O[C@@]12ON(C[C@@H]3N[C@@H]31)c1cc(C=O)cc(O)c1[C@@H]2COC(N)=O. The van der Waals surface area contributed by atoms with Crippen LogP contribution in [0.25, 0.3) is 0 Å². The van der Waals surface area contributed by atoms with Gasteiger partial charge in [0.05, 0.1) is 24.2 Å². The summed E-state index contributed by atoms with van der Waals surface area (Å²) in [6, 6.07) is 2.50. The van der Waals surface area contributed by atoms with Crippen LogP contribution in [-0.4, -0.2) is 54.5 Å². The Morgan fingerprint density at radius 1 is 1.54 bits per heavy atom. The first kappa shape index (κ1) is 16.6. The zero-order valence-electron chi connectivity index (χ0n) is 13.8. The molecule has 4 atom stereocenters. The first-order valence-electron chi connectivity index (χ1n) is 8.02. The molecule has 2 saturated heterocycles. The molecule has 0 aliphatic carbocycles. The number of hydrogen-bond donors (Lipinski definition) is 3. The number of fused-ring (bicyclic) bond motifs is 6. The highest BCUT2D eigenvalue weighted by molar-refractivity contribution is 5.81. The van der Waals surface area contributed by atoms with Gasteiger partial charge >= 0.3 is 12.1 Å². The normalized spacial score (nSPS) is 30.7. The van der Waals surface area contributed by atoms with Gasteiger partial charge in [-0.2, -0.15) is 0 Å². The van der Waals surface area contributed by atoms with Gasteiger partial charge in [-0.25, -0.2) is 14.7 Å². The minimum Gasteiger partial charge on any atom is -0.508 e. The molecule has 10 heteroatoms. The Kier molecular flexibility index (Phi) is 3.56. The molecule has 1 aromatic carbocycles. The molecular formula is C16H17N3O7. The van der Waals surface area contributed by atoms with Crippen LogP contribution >= 0.6 is 0 Å². The van der Waals surface area contributed by atoms with Crippen LogP contribution in [-0.2, 0) is 19.1 Å². The highest BCUT2D eigenvalue weighted by Gasteiger charge is 2.68. The van der Waals surface area contributed by atoms with E-state index in [0.29, 0.717) is 24.1 Å². The van der Waals surface area contributed by atoms with Gasteiger partial charge in [-0.3, -0.25) is 9.59 Å². The molecular weight excluding hydrogens is 346 g/mol. The van der Waals surface area contributed by atoms with Gasteiger partial charge < -0.3 is 25.6 Å². The third-order valence-electron chi connectivity index (χ3n) is 4.83. The summed E-state index contributed by atoms with van der Waals surface area (Å²) in [4.78, 5) is 40.0. The van der Waals surface area contributed by atoms with E-state index in [1.165, 1.54) is 18.1 Å². The number of rotatable bonds is 4. The second-order valence-corrected chi connectivity index (χ2v) is 6.49. The number of primary amides is 1. The van der Waals surface area contributed by atoms with Gasteiger partial charge in [-0.15, -0.1) is 0 Å². The lowest BCUT2D eigenvalue weighted by Crippen LogP contribution is -2.61. The quantitative estimate of drug-likeness (QED) is 0.374. The Labute approximate surface area is 147 Å². The summed E-state index contributed by atoms with van der Waals surface area (Å²) >= 11 is 0. The number of nitrogens with one attached hydrogen (secondary N) is 1. The molecule has 0 spiro atoms. The predicted molar refractivity (Wildman–Crippen MR) is 85.4 cm³/mol. The smallest absolute Gasteiger partial charge is 0.404 e. The topological polar surface area (TPSA) is 150 Å². The number of aldehydes is 1. The zero-order chi connectivity index (χ0) is 18.6. The highest BCUT2D eigenvalue weighted by Crippen LogP contribution is 2.54. The van der Waals surface area contributed by atoms with Gasteiger partial charge in [-0.05, 0) is 12.1 Å². The van der Waals surface area contributed by atoms with E-state index < -0.39 is 23.8 Å². The molecule has 3 aliphatic rings. The maximum atomic E-state index is 11.8. The van der Waals surface area contributed by atoms with E-state index in [2.05, 4.69) is 5.32 Å². The molecule has 4 N–H and O–H groups in total. The van der Waals surface area contributed by atoms with Crippen molar-refractivity contribution in [1.82, 2.24) is 5.32 Å². The highest BCUT2D eigenvalue weighted by atomic mass is 16.8. The summed E-state index contributed by atoms with van der Waals surface area (Å²) in [6.45, 7) is 1.40. The summed E-state index contributed by atoms with van der Waals surface area (Å²) in [7, 11) is 0. The maximum absolute atomic E-state index is 11.8. The summed E-state index contributed by atoms with van der Waals surface area (Å²) in [5.74, 6) is -3.12. The monoisotopic (exact) mass is 363 g/mol. The average Bonchev–Trinajstić information content (AvgIpc) is 3.34. The van der Waals surface area contributed by atoms with Crippen molar-refractivity contribution in [2.24, 2.45) is 5.73 Å². The van der Waals surface area contributed by atoms with Crippen LogP contribution in [0.3, 0.4) is 0 Å². The van der Waals surface area contributed by atoms with Crippen molar-refractivity contribution in [3.63, 3.8) is 0 Å². The van der Waals surface area contributed by atoms with Crippen LogP contribution in [0.4, 0.5) is 10.5 Å². The van der Waals surface area contributed by atoms with Crippen LogP contribution in [0, 0.1) is 0 Å². The van der Waals surface area contributed by atoms with Crippen molar-refractivity contribution in [3.8, 4) is 5.75 Å². The number of phenols is 1. The molecule has 26 heavy (non-hydrogen) atoms. The number of esters is 1. The fourth-order valence-electron chi connectivity index (χ4n) is 3.82. The zero-order valence-corrected chi connectivity index (χ0v) is 13.8. The second kappa shape index (κ2) is 5.58. The number of amides is 1. The molecule has 0 radical (unpaired) electrons. The molecule has 2 bridgehead atoms. The Morgan fingerprint density at radius 3 is 2.96 bits per heavy atom. The number of hydroxylamine groups is 1. The lowest BCUT2D eigenvalue weighted by atomic mass is 9.82. The van der Waals surface area contributed by atoms with E-state index in [1.807, 2.05) is 0 Å². The maximum Gasteiger partial charge on any atom is 0.404 e. The Balaban J connectivity index is 1.88. The molecule has 3 heterocycles. The number of hydrogen-bond acceptors (Lipinski definition) is 9. The third-order valence-corrected chi connectivity index (χ3v) is 4.83. The van der Waals surface area contributed by atoms with Crippen LogP contribution in [0.1, 0.15) is 28.8 Å². The van der Waals surface area contributed by atoms with Crippen LogP contribution in [0.15, 0.2) is 12.1 Å². The van der Waals surface area contributed by atoms with E-state index >= 15 is 0 Å². The number of benzene rings is 1. The Morgan fingerprint density at radius 2 is 2.31 bits per heavy atom. The van der Waals surface area contributed by atoms with Gasteiger partial charge in [0, 0.05) is 24.1 Å². The molecule has 3 aliphatic heterocycles. The summed E-state index contributed by atoms with van der Waals surface area (Å²) in [5, 5.41) is 15.2. The molecule has 1 amide bonds. The second-order valence-electron chi connectivity index (χ2n) is 6.49. The molecule has 0 unspecified atom stereocenters. The Bertz CT molecular complexity index is 813. The van der Waals surface area contributed by atoms with Gasteiger partial charge in [0.1, 0.15) is 18.6 Å². The van der Waals surface area contributed by atoms with Crippen molar-refractivity contribution < 1.29 is 33.8 Å². The fraction of sp³-hybridized carbons (Fsp3) is 0.438. The van der Waals surface area contributed by atoms with Crippen molar-refractivity contribution in [2.75, 3.05) is 18.2 Å². The van der Waals surface area contributed by atoms with Crippen LogP contribution < -0.4 is 16.1 Å². The lowest BCUT2D eigenvalue weighted by Gasteiger charge is -2.49. The number of anilines is 1. The molecule has 138 valence electrons. The summed E-state index contributed by atoms with van der Waals surface area (Å²) < 4.78 is 10.5. The average molecular weight is 363 g/mol. The number of carbonyl (C=O) groups is 3. The minimum atomic E-state index is -1.50. The van der Waals surface area contributed by atoms with Gasteiger partial charge in [0.25, 0.3) is 5.79 Å². The van der Waals surface area contributed by atoms with Crippen molar-refractivity contribution in [3.05, 3.63) is 23.3 Å². The molecule has 2 fully saturated rings. The molecule has 1 aromatic rings. The number of phenolic OH excluding ortho intramolecular Hbond substituents is 1. The number of ether oxygens (including phenoxy) is 2. The predicted octanol–water partition coefficient (Wildman–Crippen LogP) is -0.251. The molecule has 0 saturated carbocycles. The number of nitrogens with two attached hydrogens (primary N) is 1. The van der Waals surface area contributed by atoms with E-state index in [-0.39, 0.29) is 30.0 Å². The summed E-state index contributed by atoms with van der Waals surface area (Å²) in [5.41, 5.74) is 6.14. The van der Waals surface area contributed by atoms with Gasteiger partial charge in [0.15, 0.2) is 0 Å². The largest absolute Gasteiger partial charge is 0.508 e. The first-order chi connectivity index (χ1) is 12.4. The molecule has 4 rings (SSSR count). The van der Waals surface area contributed by atoms with Gasteiger partial charge in [0.2, 0.25) is 0 Å². The first-order valence-corrected chi connectivity index (χ1v) is 8.02. The van der Waals surface area contributed by atoms with E-state index in [0.717, 1.165) is 0 Å². The van der Waals surface area contributed by atoms with Gasteiger partial charge in [-0.1, -0.05) is 0 Å². The van der Waals surface area contributed by atoms with E-state index in [1.54, 1.807) is 6.07 Å². The fourth-order valence-corrected chi connectivity index (χ4v) is 3.82. The van der Waals surface area contributed by atoms with Crippen molar-refractivity contribution >= 4 is 24.0 Å². The minimum absolute atomic E-state index is 0.0191. The lowest BCUT2D eigenvalue weighted by molar-refractivity contribution is -0.263. The van der Waals surface area contributed by atoms with Crippen LogP contribution in [0.5, 0.6) is 5.75 Å². The number of carbonyl (C=O) groups excluding carboxylic acids is 3. The Hall–Kier alpha value is -2.85. The number of aromatic hydroxyl groups is 1. The molecule has 10 nitrogen and oxygen atoms in total. The third kappa shape index (κ3) is 2.37. The summed E-state index contributed by atoms with van der Waals surface area (Å²) in [6.07, 6.45) is -0.405. The van der Waals surface area contributed by atoms with E-state index in [9.17, 15) is 19.5 Å². The standard InChI is InChI=1S/C16H17N3O7/c1-7(21)25-16-9(6-24-15(17)23)13-11(2-8(5-20)3-12(13)22)19(26-16)4-10-14(16)18-10/h2-3,5,9-10,14,18,22H,4,6H2,1H3,(H2,17,23)/t9-,10-,14-,16-/m0/s1. The van der Waals surface area contributed by atoms with Crippen LogP contribution in [0.2, 0.25) is 0 Å². The van der Waals surface area contributed by atoms with Crippen molar-refractivity contribution in [1.29, 1.82) is 0 Å².